The van der Waals surface area contributed by atoms with E-state index in [4.69, 9.17) is 9.47 Å². The second-order valence-corrected chi connectivity index (χ2v) is 8.08. The Morgan fingerprint density at radius 1 is 0.970 bits per heavy atom. The number of hydrogen-bond acceptors (Lipinski definition) is 4. The SMILES string of the molecule is CC[C@@H](C)NC(=O)[C@H](CC)N(Cc1ccc(F)cc1)C(=O)CCc1ccc(OC)c(OC)c1. The van der Waals surface area contributed by atoms with Crippen LogP contribution in [-0.4, -0.2) is 43.0 Å². The third-order valence-electron chi connectivity index (χ3n) is 5.73. The van der Waals surface area contributed by atoms with Crippen LogP contribution < -0.4 is 14.8 Å². The lowest BCUT2D eigenvalue weighted by molar-refractivity contribution is -0.141. The van der Waals surface area contributed by atoms with E-state index in [2.05, 4.69) is 5.32 Å². The first kappa shape index (κ1) is 26.2. The fraction of sp³-hybridized carbons (Fsp3) is 0.462. The van der Waals surface area contributed by atoms with Crippen molar-refractivity contribution in [3.63, 3.8) is 0 Å². The highest BCUT2D eigenvalue weighted by Gasteiger charge is 2.29. The number of hydrogen-bond donors (Lipinski definition) is 1. The van der Waals surface area contributed by atoms with Crippen LogP contribution in [0.25, 0.3) is 0 Å². The zero-order valence-electron chi connectivity index (χ0n) is 20.2. The molecule has 2 amide bonds. The summed E-state index contributed by atoms with van der Waals surface area (Å²) in [6.45, 7) is 6.06. The van der Waals surface area contributed by atoms with Gasteiger partial charge in [0.1, 0.15) is 11.9 Å². The summed E-state index contributed by atoms with van der Waals surface area (Å²) in [4.78, 5) is 27.9. The second-order valence-electron chi connectivity index (χ2n) is 8.08. The van der Waals surface area contributed by atoms with Crippen molar-refractivity contribution < 1.29 is 23.5 Å². The molecule has 0 saturated heterocycles. The number of methoxy groups -OCH3 is 2. The Hall–Kier alpha value is -3.09. The molecule has 0 spiro atoms. The summed E-state index contributed by atoms with van der Waals surface area (Å²) in [5.74, 6) is 0.573. The molecule has 6 nitrogen and oxygen atoms in total. The molecule has 0 aliphatic carbocycles. The zero-order chi connectivity index (χ0) is 24.4. The van der Waals surface area contributed by atoms with E-state index in [0.29, 0.717) is 24.3 Å². The number of benzene rings is 2. The summed E-state index contributed by atoms with van der Waals surface area (Å²) in [7, 11) is 3.14. The van der Waals surface area contributed by atoms with Crippen LogP contribution in [0.4, 0.5) is 4.39 Å². The van der Waals surface area contributed by atoms with Crippen LogP contribution in [0.3, 0.4) is 0 Å². The molecule has 2 rings (SSSR count). The minimum atomic E-state index is -0.609. The van der Waals surface area contributed by atoms with Gasteiger partial charge in [0, 0.05) is 19.0 Å². The largest absolute Gasteiger partial charge is 0.493 e. The normalized spacial score (nSPS) is 12.5. The number of ether oxygens (including phenoxy) is 2. The van der Waals surface area contributed by atoms with Crippen molar-refractivity contribution in [1.82, 2.24) is 10.2 Å². The number of carbonyl (C=O) groups is 2. The van der Waals surface area contributed by atoms with Crippen LogP contribution in [0.2, 0.25) is 0 Å². The Balaban J connectivity index is 2.22. The molecule has 0 radical (unpaired) electrons. The molecular weight excluding hydrogens is 423 g/mol. The first-order valence-electron chi connectivity index (χ1n) is 11.4. The molecule has 2 aromatic rings. The maximum Gasteiger partial charge on any atom is 0.243 e. The van der Waals surface area contributed by atoms with Crippen LogP contribution in [0.1, 0.15) is 51.2 Å². The summed E-state index contributed by atoms with van der Waals surface area (Å²) >= 11 is 0. The predicted molar refractivity (Wildman–Crippen MR) is 127 cm³/mol. The Morgan fingerprint density at radius 2 is 1.61 bits per heavy atom. The molecule has 0 saturated carbocycles. The zero-order valence-corrected chi connectivity index (χ0v) is 20.2. The number of amides is 2. The molecule has 180 valence electrons. The predicted octanol–water partition coefficient (Wildman–Crippen LogP) is 4.50. The number of carbonyl (C=O) groups excluding carboxylic acids is 2. The Kier molecular flexibility index (Phi) is 10.2. The lowest BCUT2D eigenvalue weighted by Crippen LogP contribution is -2.50. The average Bonchev–Trinajstić information content (AvgIpc) is 2.83. The fourth-order valence-corrected chi connectivity index (χ4v) is 3.58. The quantitative estimate of drug-likeness (QED) is 0.509. The Morgan fingerprint density at radius 3 is 2.18 bits per heavy atom. The lowest BCUT2D eigenvalue weighted by atomic mass is 10.1. The molecule has 0 bridgehead atoms. The highest BCUT2D eigenvalue weighted by atomic mass is 19.1. The van der Waals surface area contributed by atoms with Gasteiger partial charge in [-0.25, -0.2) is 4.39 Å². The number of aryl methyl sites for hydroxylation is 1. The van der Waals surface area contributed by atoms with Crippen molar-refractivity contribution in [2.45, 2.75) is 65.1 Å². The van der Waals surface area contributed by atoms with Gasteiger partial charge in [-0.3, -0.25) is 9.59 Å². The molecule has 0 heterocycles. The Bertz CT molecular complexity index is 917. The van der Waals surface area contributed by atoms with Gasteiger partial charge in [0.2, 0.25) is 11.8 Å². The standard InChI is InChI=1S/C26H35FN2O4/c1-6-18(3)28-26(31)22(7-2)29(17-20-8-12-21(27)13-9-20)25(30)15-11-19-10-14-23(32-4)24(16-19)33-5/h8-10,12-14,16,18,22H,6-7,11,15,17H2,1-5H3,(H,28,31)/t18-,22+/m1/s1. The molecule has 0 aromatic heterocycles. The van der Waals surface area contributed by atoms with E-state index in [0.717, 1.165) is 17.5 Å². The number of halogens is 1. The van der Waals surface area contributed by atoms with Crippen molar-refractivity contribution in [2.24, 2.45) is 0 Å². The summed E-state index contributed by atoms with van der Waals surface area (Å²) in [5.41, 5.74) is 1.70. The van der Waals surface area contributed by atoms with Gasteiger partial charge in [0.05, 0.1) is 14.2 Å². The van der Waals surface area contributed by atoms with Gasteiger partial charge < -0.3 is 19.7 Å². The first-order valence-corrected chi connectivity index (χ1v) is 11.4. The van der Waals surface area contributed by atoms with Gasteiger partial charge in [-0.1, -0.05) is 32.0 Å². The molecular formula is C26H35FN2O4. The molecule has 0 fully saturated rings. The third-order valence-corrected chi connectivity index (χ3v) is 5.73. The maximum atomic E-state index is 13.4. The van der Waals surface area contributed by atoms with Gasteiger partial charge in [-0.2, -0.15) is 0 Å². The topological polar surface area (TPSA) is 67.9 Å². The van der Waals surface area contributed by atoms with Crippen LogP contribution in [0, 0.1) is 5.82 Å². The summed E-state index contributed by atoms with van der Waals surface area (Å²) in [5, 5.41) is 2.99. The average molecular weight is 459 g/mol. The van der Waals surface area contributed by atoms with E-state index in [9.17, 15) is 14.0 Å². The van der Waals surface area contributed by atoms with Crippen molar-refractivity contribution in [1.29, 1.82) is 0 Å². The van der Waals surface area contributed by atoms with E-state index in [-0.39, 0.29) is 36.6 Å². The highest BCUT2D eigenvalue weighted by molar-refractivity contribution is 5.88. The van der Waals surface area contributed by atoms with Crippen molar-refractivity contribution in [3.05, 3.63) is 59.4 Å². The second kappa shape index (κ2) is 12.8. The van der Waals surface area contributed by atoms with Gasteiger partial charge in [-0.15, -0.1) is 0 Å². The number of rotatable bonds is 12. The van der Waals surface area contributed by atoms with Gasteiger partial charge in [-0.05, 0) is 61.6 Å². The molecule has 2 aromatic carbocycles. The summed E-state index contributed by atoms with van der Waals surface area (Å²) in [6.07, 6.45) is 1.99. The summed E-state index contributed by atoms with van der Waals surface area (Å²) < 4.78 is 24.0. The molecule has 0 unspecified atom stereocenters. The minimum absolute atomic E-state index is 0.0149. The molecule has 0 aliphatic heterocycles. The molecule has 7 heteroatoms. The molecule has 2 atom stereocenters. The summed E-state index contributed by atoms with van der Waals surface area (Å²) in [6, 6.07) is 11.0. The maximum absolute atomic E-state index is 13.4. The van der Waals surface area contributed by atoms with E-state index in [1.54, 1.807) is 31.3 Å². The van der Waals surface area contributed by atoms with E-state index in [1.807, 2.05) is 39.0 Å². The van der Waals surface area contributed by atoms with Crippen molar-refractivity contribution >= 4 is 11.8 Å². The monoisotopic (exact) mass is 458 g/mol. The first-order chi connectivity index (χ1) is 15.8. The van der Waals surface area contributed by atoms with Gasteiger partial charge in [0.25, 0.3) is 0 Å². The van der Waals surface area contributed by atoms with E-state index in [1.165, 1.54) is 12.1 Å². The molecule has 0 aliphatic rings. The molecule has 33 heavy (non-hydrogen) atoms. The van der Waals surface area contributed by atoms with Crippen molar-refractivity contribution in [3.8, 4) is 11.5 Å². The van der Waals surface area contributed by atoms with Crippen LogP contribution in [0.15, 0.2) is 42.5 Å². The number of nitrogens with one attached hydrogen (secondary N) is 1. The number of nitrogens with zero attached hydrogens (tertiary/aromatic N) is 1. The fourth-order valence-electron chi connectivity index (χ4n) is 3.58. The van der Waals surface area contributed by atoms with Crippen LogP contribution in [-0.2, 0) is 22.6 Å². The van der Waals surface area contributed by atoms with Crippen LogP contribution >= 0.6 is 0 Å². The van der Waals surface area contributed by atoms with Crippen LogP contribution in [0.5, 0.6) is 11.5 Å². The van der Waals surface area contributed by atoms with Crippen molar-refractivity contribution in [2.75, 3.05) is 14.2 Å². The smallest absolute Gasteiger partial charge is 0.243 e. The Labute approximate surface area is 196 Å². The van der Waals surface area contributed by atoms with E-state index < -0.39 is 6.04 Å². The van der Waals surface area contributed by atoms with Gasteiger partial charge in [0.15, 0.2) is 11.5 Å². The molecule has 1 N–H and O–H groups in total. The van der Waals surface area contributed by atoms with Gasteiger partial charge >= 0.3 is 0 Å². The minimum Gasteiger partial charge on any atom is -0.493 e. The lowest BCUT2D eigenvalue weighted by Gasteiger charge is -2.31. The highest BCUT2D eigenvalue weighted by Crippen LogP contribution is 2.28. The third kappa shape index (κ3) is 7.48. The van der Waals surface area contributed by atoms with E-state index >= 15 is 0 Å².